The summed E-state index contributed by atoms with van der Waals surface area (Å²) in [6, 6.07) is 11.1. The standard InChI is InChI=1S/C13H22N2/c1-12(2)14-10-7-11-15(3)13-8-5-4-6-9-13/h4-6,8-9,12,14H,7,10-11H2,1-3H3. The first kappa shape index (κ1) is 12.1. The molecule has 0 aliphatic rings. The zero-order valence-electron chi connectivity index (χ0n) is 10.0. The fourth-order valence-corrected chi connectivity index (χ4v) is 1.52. The highest BCUT2D eigenvalue weighted by atomic mass is 15.1. The minimum Gasteiger partial charge on any atom is -0.375 e. The average molecular weight is 206 g/mol. The van der Waals surface area contributed by atoms with Gasteiger partial charge in [-0.2, -0.15) is 0 Å². The van der Waals surface area contributed by atoms with Crippen molar-refractivity contribution in [2.45, 2.75) is 26.3 Å². The molecule has 0 aromatic heterocycles. The molecule has 2 heteroatoms. The van der Waals surface area contributed by atoms with Crippen molar-refractivity contribution in [2.75, 3.05) is 25.0 Å². The molecule has 0 atom stereocenters. The number of hydrogen-bond donors (Lipinski definition) is 1. The third kappa shape index (κ3) is 4.84. The highest BCUT2D eigenvalue weighted by Crippen LogP contribution is 2.10. The first-order chi connectivity index (χ1) is 7.20. The van der Waals surface area contributed by atoms with E-state index in [1.807, 2.05) is 0 Å². The Kier molecular flexibility index (Phi) is 5.19. The van der Waals surface area contributed by atoms with Crippen LogP contribution in [0.1, 0.15) is 20.3 Å². The summed E-state index contributed by atoms with van der Waals surface area (Å²) in [5.41, 5.74) is 1.29. The largest absolute Gasteiger partial charge is 0.375 e. The van der Waals surface area contributed by atoms with Crippen molar-refractivity contribution >= 4 is 5.69 Å². The van der Waals surface area contributed by atoms with Crippen molar-refractivity contribution in [2.24, 2.45) is 0 Å². The summed E-state index contributed by atoms with van der Waals surface area (Å²) < 4.78 is 0. The molecule has 2 nitrogen and oxygen atoms in total. The molecule has 0 fully saturated rings. The topological polar surface area (TPSA) is 15.3 Å². The van der Waals surface area contributed by atoms with Crippen LogP contribution in [0.15, 0.2) is 30.3 Å². The van der Waals surface area contributed by atoms with E-state index in [2.05, 4.69) is 61.4 Å². The summed E-state index contributed by atoms with van der Waals surface area (Å²) in [7, 11) is 2.14. The summed E-state index contributed by atoms with van der Waals surface area (Å²) in [4.78, 5) is 2.29. The molecule has 0 aliphatic heterocycles. The summed E-state index contributed by atoms with van der Waals surface area (Å²) in [5.74, 6) is 0. The minimum atomic E-state index is 0.590. The Morgan fingerprint density at radius 1 is 1.20 bits per heavy atom. The van der Waals surface area contributed by atoms with E-state index >= 15 is 0 Å². The first-order valence-corrected chi connectivity index (χ1v) is 5.69. The lowest BCUT2D eigenvalue weighted by molar-refractivity contribution is 0.570. The molecule has 0 spiro atoms. The third-order valence-corrected chi connectivity index (χ3v) is 2.42. The van der Waals surface area contributed by atoms with Crippen LogP contribution < -0.4 is 10.2 Å². The van der Waals surface area contributed by atoms with E-state index < -0.39 is 0 Å². The molecule has 1 aromatic carbocycles. The quantitative estimate of drug-likeness (QED) is 0.719. The van der Waals surface area contributed by atoms with E-state index in [-0.39, 0.29) is 0 Å². The predicted molar refractivity (Wildman–Crippen MR) is 67.5 cm³/mol. The predicted octanol–water partition coefficient (Wildman–Crippen LogP) is 2.51. The summed E-state index contributed by atoms with van der Waals surface area (Å²) in [6.07, 6.45) is 1.18. The second kappa shape index (κ2) is 6.46. The number of nitrogens with one attached hydrogen (secondary N) is 1. The van der Waals surface area contributed by atoms with Gasteiger partial charge in [-0.1, -0.05) is 32.0 Å². The highest BCUT2D eigenvalue weighted by Gasteiger charge is 1.99. The lowest BCUT2D eigenvalue weighted by atomic mass is 10.3. The summed E-state index contributed by atoms with van der Waals surface area (Å²) in [5, 5.41) is 3.43. The number of rotatable bonds is 6. The zero-order valence-corrected chi connectivity index (χ0v) is 10.0. The lowest BCUT2D eigenvalue weighted by Crippen LogP contribution is -2.27. The van der Waals surface area contributed by atoms with Gasteiger partial charge in [-0.25, -0.2) is 0 Å². The molecular weight excluding hydrogens is 184 g/mol. The van der Waals surface area contributed by atoms with Crippen molar-refractivity contribution in [3.63, 3.8) is 0 Å². The van der Waals surface area contributed by atoms with Gasteiger partial charge in [0.25, 0.3) is 0 Å². The lowest BCUT2D eigenvalue weighted by Gasteiger charge is -2.19. The molecular formula is C13H22N2. The van der Waals surface area contributed by atoms with Crippen LogP contribution in [0.2, 0.25) is 0 Å². The van der Waals surface area contributed by atoms with Gasteiger partial charge < -0.3 is 10.2 Å². The number of anilines is 1. The zero-order chi connectivity index (χ0) is 11.1. The Balaban J connectivity index is 2.22. The van der Waals surface area contributed by atoms with E-state index in [1.165, 1.54) is 12.1 Å². The van der Waals surface area contributed by atoms with Gasteiger partial charge in [-0.3, -0.25) is 0 Å². The van der Waals surface area contributed by atoms with Crippen molar-refractivity contribution in [1.82, 2.24) is 5.32 Å². The minimum absolute atomic E-state index is 0.590. The van der Waals surface area contributed by atoms with Gasteiger partial charge in [-0.15, -0.1) is 0 Å². The van der Waals surface area contributed by atoms with E-state index in [1.54, 1.807) is 0 Å². The Morgan fingerprint density at radius 2 is 1.87 bits per heavy atom. The normalized spacial score (nSPS) is 10.7. The van der Waals surface area contributed by atoms with Gasteiger partial charge in [-0.05, 0) is 25.1 Å². The molecule has 0 unspecified atom stereocenters. The first-order valence-electron chi connectivity index (χ1n) is 5.69. The van der Waals surface area contributed by atoms with Gasteiger partial charge in [0.1, 0.15) is 0 Å². The maximum Gasteiger partial charge on any atom is 0.0363 e. The van der Waals surface area contributed by atoms with Crippen LogP contribution in [0, 0.1) is 0 Å². The molecule has 1 N–H and O–H groups in total. The average Bonchev–Trinajstić information content (AvgIpc) is 2.25. The molecule has 1 rings (SSSR count). The number of nitrogens with zero attached hydrogens (tertiary/aromatic N) is 1. The third-order valence-electron chi connectivity index (χ3n) is 2.42. The fraction of sp³-hybridized carbons (Fsp3) is 0.538. The molecule has 0 amide bonds. The Hall–Kier alpha value is -1.02. The molecule has 1 aromatic rings. The van der Waals surface area contributed by atoms with E-state index in [0.29, 0.717) is 6.04 Å². The van der Waals surface area contributed by atoms with Gasteiger partial charge in [0.05, 0.1) is 0 Å². The SMILES string of the molecule is CC(C)NCCCN(C)c1ccccc1. The van der Waals surface area contributed by atoms with Crippen LogP contribution in [0.4, 0.5) is 5.69 Å². The molecule has 15 heavy (non-hydrogen) atoms. The van der Waals surface area contributed by atoms with Crippen molar-refractivity contribution in [3.05, 3.63) is 30.3 Å². The molecule has 0 heterocycles. The number of para-hydroxylation sites is 1. The van der Waals surface area contributed by atoms with Crippen LogP contribution in [-0.2, 0) is 0 Å². The Bertz CT molecular complexity index is 256. The van der Waals surface area contributed by atoms with Gasteiger partial charge in [0.2, 0.25) is 0 Å². The molecule has 0 radical (unpaired) electrons. The summed E-state index contributed by atoms with van der Waals surface area (Å²) in [6.45, 7) is 6.56. The summed E-state index contributed by atoms with van der Waals surface area (Å²) >= 11 is 0. The van der Waals surface area contributed by atoms with Crippen LogP contribution in [0.25, 0.3) is 0 Å². The van der Waals surface area contributed by atoms with Gasteiger partial charge in [0.15, 0.2) is 0 Å². The van der Waals surface area contributed by atoms with Crippen LogP contribution in [0.5, 0.6) is 0 Å². The smallest absolute Gasteiger partial charge is 0.0363 e. The van der Waals surface area contributed by atoms with Crippen molar-refractivity contribution < 1.29 is 0 Å². The van der Waals surface area contributed by atoms with Crippen LogP contribution in [-0.4, -0.2) is 26.2 Å². The maximum atomic E-state index is 3.43. The molecule has 0 bridgehead atoms. The Morgan fingerprint density at radius 3 is 2.47 bits per heavy atom. The number of hydrogen-bond acceptors (Lipinski definition) is 2. The van der Waals surface area contributed by atoms with Gasteiger partial charge in [0, 0.05) is 25.3 Å². The van der Waals surface area contributed by atoms with E-state index in [0.717, 1.165) is 13.1 Å². The van der Waals surface area contributed by atoms with Crippen molar-refractivity contribution in [1.29, 1.82) is 0 Å². The second-order valence-corrected chi connectivity index (χ2v) is 4.22. The van der Waals surface area contributed by atoms with Crippen LogP contribution >= 0.6 is 0 Å². The Labute approximate surface area is 93.3 Å². The van der Waals surface area contributed by atoms with Crippen LogP contribution in [0.3, 0.4) is 0 Å². The van der Waals surface area contributed by atoms with Crippen molar-refractivity contribution in [3.8, 4) is 0 Å². The second-order valence-electron chi connectivity index (χ2n) is 4.22. The number of benzene rings is 1. The van der Waals surface area contributed by atoms with E-state index in [9.17, 15) is 0 Å². The highest BCUT2D eigenvalue weighted by molar-refractivity contribution is 5.44. The maximum absolute atomic E-state index is 3.43. The van der Waals surface area contributed by atoms with Gasteiger partial charge >= 0.3 is 0 Å². The monoisotopic (exact) mass is 206 g/mol. The molecule has 0 saturated heterocycles. The molecule has 84 valence electrons. The molecule has 0 saturated carbocycles. The van der Waals surface area contributed by atoms with E-state index in [4.69, 9.17) is 0 Å². The fourth-order valence-electron chi connectivity index (χ4n) is 1.52. The molecule has 0 aliphatic carbocycles.